The summed E-state index contributed by atoms with van der Waals surface area (Å²) in [6, 6.07) is -1.08. The van der Waals surface area contributed by atoms with Crippen LogP contribution in [0.3, 0.4) is 0 Å². The fraction of sp³-hybridized carbons (Fsp3) is 0.667. The number of hydrazone groups is 1. The summed E-state index contributed by atoms with van der Waals surface area (Å²) in [5.74, 6) is -3.31. The van der Waals surface area contributed by atoms with Crippen LogP contribution in [0.1, 0.15) is 20.8 Å². The van der Waals surface area contributed by atoms with E-state index in [1.807, 2.05) is 0 Å². The third-order valence-electron chi connectivity index (χ3n) is 2.52. The third-order valence-corrected chi connectivity index (χ3v) is 2.52. The van der Waals surface area contributed by atoms with Gasteiger partial charge in [-0.3, -0.25) is 10.2 Å². The second-order valence-electron chi connectivity index (χ2n) is 3.81. The van der Waals surface area contributed by atoms with Crippen molar-refractivity contribution in [2.45, 2.75) is 26.8 Å². The van der Waals surface area contributed by atoms with Crippen LogP contribution in [-0.4, -0.2) is 49.5 Å². The van der Waals surface area contributed by atoms with Crippen molar-refractivity contribution in [2.75, 3.05) is 19.8 Å². The molecule has 20 heavy (non-hydrogen) atoms. The minimum Gasteiger partial charge on any atom is -0.465 e. The van der Waals surface area contributed by atoms with E-state index in [1.54, 1.807) is 20.8 Å². The first-order valence-corrected chi connectivity index (χ1v) is 6.40. The van der Waals surface area contributed by atoms with Crippen molar-refractivity contribution in [3.8, 4) is 0 Å². The second-order valence-corrected chi connectivity index (χ2v) is 3.81. The third kappa shape index (κ3) is 3.46. The summed E-state index contributed by atoms with van der Waals surface area (Å²) >= 11 is 0. The van der Waals surface area contributed by atoms with E-state index in [1.165, 1.54) is 0 Å². The van der Waals surface area contributed by atoms with Gasteiger partial charge in [-0.15, -0.1) is 0 Å². The Morgan fingerprint density at radius 3 is 2.10 bits per heavy atom. The molecule has 0 aromatic carbocycles. The number of hydrogen-bond acceptors (Lipinski definition) is 8. The van der Waals surface area contributed by atoms with E-state index in [2.05, 4.69) is 10.5 Å². The molecule has 0 aromatic rings. The lowest BCUT2D eigenvalue weighted by atomic mass is 9.96. The molecule has 0 saturated carbocycles. The number of ether oxygens (including phenoxy) is 3. The highest BCUT2D eigenvalue weighted by atomic mass is 16.5. The number of nitrogens with one attached hydrogen (secondary N) is 1. The van der Waals surface area contributed by atoms with Crippen LogP contribution in [0.25, 0.3) is 0 Å². The average molecular weight is 286 g/mol. The summed E-state index contributed by atoms with van der Waals surface area (Å²) in [7, 11) is 0. The number of carbonyl (C=O) groups excluding carboxylic acids is 3. The molecule has 2 unspecified atom stereocenters. The van der Waals surface area contributed by atoms with E-state index in [9.17, 15) is 14.4 Å². The van der Waals surface area contributed by atoms with Crippen LogP contribution in [0.5, 0.6) is 0 Å². The molecule has 1 aliphatic heterocycles. The van der Waals surface area contributed by atoms with Crippen molar-refractivity contribution in [3.05, 3.63) is 0 Å². The van der Waals surface area contributed by atoms with Crippen molar-refractivity contribution in [1.82, 2.24) is 5.43 Å². The molecule has 1 rings (SSSR count). The molecule has 1 aliphatic rings. The van der Waals surface area contributed by atoms with Crippen LogP contribution in [0.4, 0.5) is 0 Å². The molecular formula is C12H18N2O6. The molecule has 0 radical (unpaired) electrons. The number of esters is 3. The van der Waals surface area contributed by atoms with E-state index in [4.69, 9.17) is 14.2 Å². The average Bonchev–Trinajstić information content (AvgIpc) is 2.84. The Hall–Kier alpha value is -2.12. The Labute approximate surface area is 116 Å². The first-order chi connectivity index (χ1) is 9.56. The topological polar surface area (TPSA) is 103 Å². The summed E-state index contributed by atoms with van der Waals surface area (Å²) in [6.07, 6.45) is 0. The molecular weight excluding hydrogens is 268 g/mol. The maximum Gasteiger partial charge on any atom is 0.355 e. The highest BCUT2D eigenvalue weighted by molar-refractivity contribution is 6.42. The zero-order valence-electron chi connectivity index (χ0n) is 11.7. The number of nitrogens with zero attached hydrogens (tertiary/aromatic N) is 1. The van der Waals surface area contributed by atoms with Crippen LogP contribution in [0.15, 0.2) is 5.10 Å². The van der Waals surface area contributed by atoms with Crippen molar-refractivity contribution in [1.29, 1.82) is 0 Å². The first kappa shape index (κ1) is 15.9. The predicted molar refractivity (Wildman–Crippen MR) is 67.7 cm³/mol. The molecule has 2 atom stereocenters. The van der Waals surface area contributed by atoms with Gasteiger partial charge in [0.25, 0.3) is 0 Å². The van der Waals surface area contributed by atoms with Crippen molar-refractivity contribution in [2.24, 2.45) is 11.0 Å². The molecule has 1 heterocycles. The highest BCUT2D eigenvalue weighted by Gasteiger charge is 2.47. The zero-order chi connectivity index (χ0) is 15.1. The van der Waals surface area contributed by atoms with Gasteiger partial charge in [0.2, 0.25) is 0 Å². The fourth-order valence-electron chi connectivity index (χ4n) is 1.72. The van der Waals surface area contributed by atoms with Gasteiger partial charge in [-0.1, -0.05) is 0 Å². The van der Waals surface area contributed by atoms with E-state index >= 15 is 0 Å². The second kappa shape index (κ2) is 7.46. The van der Waals surface area contributed by atoms with Gasteiger partial charge < -0.3 is 14.2 Å². The van der Waals surface area contributed by atoms with Crippen LogP contribution in [-0.2, 0) is 28.6 Å². The Morgan fingerprint density at radius 1 is 1.00 bits per heavy atom. The molecule has 0 amide bonds. The van der Waals surface area contributed by atoms with Gasteiger partial charge in [0.15, 0.2) is 11.8 Å². The summed E-state index contributed by atoms with van der Waals surface area (Å²) < 4.78 is 14.5. The number of rotatable bonds is 6. The van der Waals surface area contributed by atoms with Crippen LogP contribution in [0, 0.1) is 5.92 Å². The lowest BCUT2D eigenvalue weighted by Gasteiger charge is -2.17. The molecule has 0 fully saturated rings. The Kier molecular flexibility index (Phi) is 5.95. The summed E-state index contributed by atoms with van der Waals surface area (Å²) in [6.45, 7) is 5.31. The maximum absolute atomic E-state index is 11.9. The van der Waals surface area contributed by atoms with E-state index in [0.717, 1.165) is 0 Å². The SMILES string of the molecule is CCOC(=O)C1=NNC(C(=O)OCC)C1C(=O)OCC. The van der Waals surface area contributed by atoms with Gasteiger partial charge in [0.05, 0.1) is 19.8 Å². The normalized spacial score (nSPS) is 20.6. The fourth-order valence-corrected chi connectivity index (χ4v) is 1.72. The highest BCUT2D eigenvalue weighted by Crippen LogP contribution is 2.18. The summed E-state index contributed by atoms with van der Waals surface area (Å²) in [5.41, 5.74) is 2.25. The standard InChI is InChI=1S/C12H18N2O6/c1-4-18-10(15)7-8(11(16)19-5-2)13-14-9(7)12(17)20-6-3/h7-8,13H,4-6H2,1-3H3. The number of hydrogen-bond donors (Lipinski definition) is 1. The summed E-state index contributed by atoms with van der Waals surface area (Å²) in [5, 5.41) is 3.71. The van der Waals surface area contributed by atoms with Crippen LogP contribution >= 0.6 is 0 Å². The van der Waals surface area contributed by atoms with E-state index in [0.29, 0.717) is 0 Å². The molecule has 0 aliphatic carbocycles. The Bertz CT molecular complexity index is 420. The first-order valence-electron chi connectivity index (χ1n) is 6.40. The van der Waals surface area contributed by atoms with Gasteiger partial charge in [-0.25, -0.2) is 9.59 Å². The number of carbonyl (C=O) groups is 3. The Balaban J connectivity index is 2.93. The minimum atomic E-state index is -1.16. The van der Waals surface area contributed by atoms with Gasteiger partial charge in [-0.05, 0) is 20.8 Å². The van der Waals surface area contributed by atoms with Gasteiger partial charge >= 0.3 is 17.9 Å². The van der Waals surface area contributed by atoms with Crippen molar-refractivity contribution < 1.29 is 28.6 Å². The smallest absolute Gasteiger partial charge is 0.355 e. The molecule has 0 aromatic heterocycles. The van der Waals surface area contributed by atoms with Crippen molar-refractivity contribution >= 4 is 23.6 Å². The lowest BCUT2D eigenvalue weighted by Crippen LogP contribution is -2.45. The van der Waals surface area contributed by atoms with Gasteiger partial charge in [-0.2, -0.15) is 5.10 Å². The van der Waals surface area contributed by atoms with E-state index in [-0.39, 0.29) is 25.5 Å². The molecule has 0 saturated heterocycles. The van der Waals surface area contributed by atoms with Crippen molar-refractivity contribution in [3.63, 3.8) is 0 Å². The van der Waals surface area contributed by atoms with Gasteiger partial charge in [0.1, 0.15) is 5.92 Å². The monoisotopic (exact) mass is 286 g/mol. The van der Waals surface area contributed by atoms with Gasteiger partial charge in [0, 0.05) is 0 Å². The van der Waals surface area contributed by atoms with Crippen LogP contribution in [0.2, 0.25) is 0 Å². The Morgan fingerprint density at radius 2 is 1.55 bits per heavy atom. The molecule has 8 heteroatoms. The molecule has 112 valence electrons. The summed E-state index contributed by atoms with van der Waals surface area (Å²) in [4.78, 5) is 35.4. The quantitative estimate of drug-likeness (QED) is 0.524. The largest absolute Gasteiger partial charge is 0.465 e. The minimum absolute atomic E-state index is 0.126. The molecule has 0 spiro atoms. The molecule has 8 nitrogen and oxygen atoms in total. The van der Waals surface area contributed by atoms with E-state index < -0.39 is 29.9 Å². The predicted octanol–water partition coefficient (Wildman–Crippen LogP) is -0.380. The molecule has 0 bridgehead atoms. The molecule has 1 N–H and O–H groups in total. The maximum atomic E-state index is 11.9. The van der Waals surface area contributed by atoms with Crippen LogP contribution < -0.4 is 5.43 Å². The lowest BCUT2D eigenvalue weighted by molar-refractivity contribution is -0.154. The zero-order valence-corrected chi connectivity index (χ0v) is 11.7.